The first-order valence-electron chi connectivity index (χ1n) is 6.38. The van der Waals surface area contributed by atoms with Gasteiger partial charge in [0, 0.05) is 27.2 Å². The first-order valence-corrected chi connectivity index (χ1v) is 6.38. The summed E-state index contributed by atoms with van der Waals surface area (Å²) in [4.78, 5) is 2.04. The standard InChI is InChI=1S/C12H21N5O2/c1-8-10(11(13)15-18)12(17(3)14-8)16(2)7-9-5-4-6-19-9/h9,18H,4-7H2,1-3H3,(H2,13,15). The molecule has 0 radical (unpaired) electrons. The molecule has 2 heterocycles. The summed E-state index contributed by atoms with van der Waals surface area (Å²) in [6.45, 7) is 3.44. The van der Waals surface area contributed by atoms with Crippen molar-refractivity contribution in [3.05, 3.63) is 11.3 Å². The number of anilines is 1. The van der Waals surface area contributed by atoms with Gasteiger partial charge in [0.05, 0.1) is 17.4 Å². The molecule has 2 rings (SSSR count). The molecule has 1 saturated heterocycles. The topological polar surface area (TPSA) is 88.9 Å². The van der Waals surface area contributed by atoms with Gasteiger partial charge in [-0.3, -0.25) is 4.68 Å². The van der Waals surface area contributed by atoms with E-state index in [1.54, 1.807) is 4.68 Å². The maximum absolute atomic E-state index is 8.90. The largest absolute Gasteiger partial charge is 0.409 e. The van der Waals surface area contributed by atoms with E-state index < -0.39 is 0 Å². The molecule has 1 aliphatic heterocycles. The molecule has 0 spiro atoms. The number of nitrogens with zero attached hydrogens (tertiary/aromatic N) is 4. The average Bonchev–Trinajstić information content (AvgIpc) is 2.95. The zero-order valence-electron chi connectivity index (χ0n) is 11.6. The van der Waals surface area contributed by atoms with Crippen LogP contribution in [0, 0.1) is 6.92 Å². The van der Waals surface area contributed by atoms with E-state index in [4.69, 9.17) is 15.7 Å². The van der Waals surface area contributed by atoms with Gasteiger partial charge in [0.15, 0.2) is 5.84 Å². The Morgan fingerprint density at radius 1 is 1.68 bits per heavy atom. The Morgan fingerprint density at radius 3 is 3.00 bits per heavy atom. The molecule has 19 heavy (non-hydrogen) atoms. The molecular weight excluding hydrogens is 246 g/mol. The highest BCUT2D eigenvalue weighted by Crippen LogP contribution is 2.24. The van der Waals surface area contributed by atoms with E-state index in [0.717, 1.165) is 37.5 Å². The van der Waals surface area contributed by atoms with Gasteiger partial charge < -0.3 is 20.6 Å². The van der Waals surface area contributed by atoms with Crippen molar-refractivity contribution in [3.63, 3.8) is 0 Å². The summed E-state index contributed by atoms with van der Waals surface area (Å²) in [6.07, 6.45) is 2.41. The summed E-state index contributed by atoms with van der Waals surface area (Å²) in [7, 11) is 3.81. The number of hydrogen-bond acceptors (Lipinski definition) is 5. The molecule has 1 aromatic rings. The third-order valence-corrected chi connectivity index (χ3v) is 3.42. The molecule has 1 aliphatic rings. The van der Waals surface area contributed by atoms with Crippen molar-refractivity contribution < 1.29 is 9.94 Å². The van der Waals surface area contributed by atoms with E-state index in [0.29, 0.717) is 5.56 Å². The molecule has 7 heteroatoms. The number of likely N-dealkylation sites (N-methyl/N-ethyl adjacent to an activating group) is 1. The van der Waals surface area contributed by atoms with E-state index in [2.05, 4.69) is 10.3 Å². The Labute approximate surface area is 112 Å². The molecule has 0 amide bonds. The Morgan fingerprint density at radius 2 is 2.42 bits per heavy atom. The van der Waals surface area contributed by atoms with Crippen LogP contribution in [0.4, 0.5) is 5.82 Å². The van der Waals surface area contributed by atoms with Crippen LogP contribution >= 0.6 is 0 Å². The Bertz CT molecular complexity index is 477. The highest BCUT2D eigenvalue weighted by Gasteiger charge is 2.24. The number of rotatable bonds is 4. The molecule has 0 bridgehead atoms. The molecular formula is C12H21N5O2. The lowest BCUT2D eigenvalue weighted by Crippen LogP contribution is -2.31. The Kier molecular flexibility index (Phi) is 3.94. The minimum Gasteiger partial charge on any atom is -0.409 e. The van der Waals surface area contributed by atoms with Crippen LogP contribution in [-0.2, 0) is 11.8 Å². The van der Waals surface area contributed by atoms with Gasteiger partial charge in [0.1, 0.15) is 5.82 Å². The van der Waals surface area contributed by atoms with Crippen molar-refractivity contribution in [1.29, 1.82) is 0 Å². The molecule has 7 nitrogen and oxygen atoms in total. The van der Waals surface area contributed by atoms with Gasteiger partial charge >= 0.3 is 0 Å². The van der Waals surface area contributed by atoms with Crippen LogP contribution < -0.4 is 10.6 Å². The zero-order chi connectivity index (χ0) is 14.0. The van der Waals surface area contributed by atoms with Crippen LogP contribution in [0.25, 0.3) is 0 Å². The molecule has 1 fully saturated rings. The summed E-state index contributed by atoms with van der Waals surface area (Å²) in [5.41, 5.74) is 7.16. The molecule has 0 aromatic carbocycles. The van der Waals surface area contributed by atoms with E-state index >= 15 is 0 Å². The number of hydrogen-bond donors (Lipinski definition) is 2. The van der Waals surface area contributed by atoms with Crippen molar-refractivity contribution in [3.8, 4) is 0 Å². The lowest BCUT2D eigenvalue weighted by molar-refractivity contribution is 0.116. The summed E-state index contributed by atoms with van der Waals surface area (Å²) < 4.78 is 7.38. The lowest BCUT2D eigenvalue weighted by Gasteiger charge is -2.23. The first kappa shape index (κ1) is 13.7. The number of aryl methyl sites for hydroxylation is 2. The maximum Gasteiger partial charge on any atom is 0.175 e. The van der Waals surface area contributed by atoms with Gasteiger partial charge in [-0.2, -0.15) is 5.10 Å². The molecule has 1 atom stereocenters. The van der Waals surface area contributed by atoms with Crippen molar-refractivity contribution >= 4 is 11.7 Å². The number of amidine groups is 1. The van der Waals surface area contributed by atoms with Gasteiger partial charge in [-0.05, 0) is 19.8 Å². The highest BCUT2D eigenvalue weighted by atomic mass is 16.5. The predicted molar refractivity (Wildman–Crippen MR) is 72.7 cm³/mol. The molecule has 1 aromatic heterocycles. The van der Waals surface area contributed by atoms with Crippen LogP contribution in [0.5, 0.6) is 0 Å². The summed E-state index contributed by atoms with van der Waals surface area (Å²) >= 11 is 0. The van der Waals surface area contributed by atoms with Gasteiger partial charge in [-0.15, -0.1) is 0 Å². The second-order valence-corrected chi connectivity index (χ2v) is 4.91. The smallest absolute Gasteiger partial charge is 0.175 e. The van der Waals surface area contributed by atoms with E-state index in [1.165, 1.54) is 0 Å². The van der Waals surface area contributed by atoms with E-state index in [9.17, 15) is 0 Å². The van der Waals surface area contributed by atoms with Crippen LogP contribution in [0.1, 0.15) is 24.1 Å². The minimum absolute atomic E-state index is 0.0831. The second-order valence-electron chi connectivity index (χ2n) is 4.91. The van der Waals surface area contributed by atoms with Crippen LogP contribution in [0.2, 0.25) is 0 Å². The van der Waals surface area contributed by atoms with Crippen molar-refractivity contribution in [2.75, 3.05) is 25.1 Å². The number of ether oxygens (including phenoxy) is 1. The van der Waals surface area contributed by atoms with E-state index in [-0.39, 0.29) is 11.9 Å². The van der Waals surface area contributed by atoms with Crippen LogP contribution in [0.15, 0.2) is 5.16 Å². The Hall–Kier alpha value is -1.76. The van der Waals surface area contributed by atoms with Crippen LogP contribution in [-0.4, -0.2) is 47.1 Å². The summed E-state index contributed by atoms with van der Waals surface area (Å²) in [6, 6.07) is 0. The Balaban J connectivity index is 2.27. The van der Waals surface area contributed by atoms with Gasteiger partial charge in [-0.1, -0.05) is 5.16 Å². The predicted octanol–water partition coefficient (Wildman–Crippen LogP) is 0.438. The fraction of sp³-hybridized carbons (Fsp3) is 0.667. The van der Waals surface area contributed by atoms with E-state index in [1.807, 2.05) is 25.9 Å². The molecule has 0 saturated carbocycles. The SMILES string of the molecule is Cc1nn(C)c(N(C)CC2CCCO2)c1C(N)=NO. The monoisotopic (exact) mass is 267 g/mol. The third kappa shape index (κ3) is 2.65. The number of nitrogens with two attached hydrogens (primary N) is 1. The van der Waals surface area contributed by atoms with Gasteiger partial charge in [-0.25, -0.2) is 0 Å². The third-order valence-electron chi connectivity index (χ3n) is 3.42. The minimum atomic E-state index is 0.0831. The fourth-order valence-electron chi connectivity index (χ4n) is 2.61. The fourth-order valence-corrected chi connectivity index (χ4v) is 2.61. The lowest BCUT2D eigenvalue weighted by atomic mass is 10.2. The molecule has 3 N–H and O–H groups in total. The van der Waals surface area contributed by atoms with Crippen molar-refractivity contribution in [2.45, 2.75) is 25.9 Å². The van der Waals surface area contributed by atoms with Crippen molar-refractivity contribution in [2.24, 2.45) is 17.9 Å². The maximum atomic E-state index is 8.90. The molecule has 0 aliphatic carbocycles. The average molecular weight is 267 g/mol. The van der Waals surface area contributed by atoms with Crippen LogP contribution in [0.3, 0.4) is 0 Å². The van der Waals surface area contributed by atoms with Gasteiger partial charge in [0.2, 0.25) is 0 Å². The highest BCUT2D eigenvalue weighted by molar-refractivity contribution is 6.02. The number of aromatic nitrogens is 2. The first-order chi connectivity index (χ1) is 9.04. The zero-order valence-corrected chi connectivity index (χ0v) is 11.6. The quantitative estimate of drug-likeness (QED) is 0.357. The summed E-state index contributed by atoms with van der Waals surface area (Å²) in [5.74, 6) is 0.920. The summed E-state index contributed by atoms with van der Waals surface area (Å²) in [5, 5.41) is 16.3. The van der Waals surface area contributed by atoms with Gasteiger partial charge in [0.25, 0.3) is 0 Å². The normalized spacial score (nSPS) is 19.9. The number of oxime groups is 1. The molecule has 106 valence electrons. The molecule has 1 unspecified atom stereocenters. The van der Waals surface area contributed by atoms with Crippen molar-refractivity contribution in [1.82, 2.24) is 9.78 Å². The second kappa shape index (κ2) is 5.48.